The topological polar surface area (TPSA) is 102 Å². The van der Waals surface area contributed by atoms with Gasteiger partial charge in [-0.3, -0.25) is 9.59 Å². The second-order valence-electron chi connectivity index (χ2n) is 3.49. The molecule has 0 fully saturated rings. The number of carbonyl (C=O) groups excluding carboxylic acids is 2. The van der Waals surface area contributed by atoms with Gasteiger partial charge < -0.3 is 10.1 Å². The van der Waals surface area contributed by atoms with Gasteiger partial charge in [-0.25, -0.2) is 13.1 Å². The Labute approximate surface area is 111 Å². The van der Waals surface area contributed by atoms with Crippen molar-refractivity contribution in [2.45, 2.75) is 4.90 Å². The number of methoxy groups -OCH3 is 1. The van der Waals surface area contributed by atoms with Crippen LogP contribution < -0.4 is 10.0 Å². The molecule has 0 aliphatic heterocycles. The molecule has 1 amide bonds. The molecule has 0 aliphatic carbocycles. The number of esters is 1. The number of hydrogen-bond donors (Lipinski definition) is 2. The van der Waals surface area contributed by atoms with Crippen LogP contribution in [0.3, 0.4) is 0 Å². The number of ether oxygens (including phenoxy) is 1. The molecule has 1 aromatic rings. The monoisotopic (exact) mass is 286 g/mol. The molecule has 0 saturated carbocycles. The van der Waals surface area contributed by atoms with E-state index >= 15 is 0 Å². The van der Waals surface area contributed by atoms with E-state index in [1.54, 1.807) is 18.2 Å². The molecule has 8 heteroatoms. The lowest BCUT2D eigenvalue weighted by Crippen LogP contribution is -2.39. The van der Waals surface area contributed by atoms with Crippen LogP contribution in [0.5, 0.6) is 0 Å². The van der Waals surface area contributed by atoms with Gasteiger partial charge in [0.2, 0.25) is 15.9 Å². The SMILES string of the molecule is COC(=O)CNC(=O)CNS(=O)(=O)c1ccccc1. The zero-order chi connectivity index (χ0) is 14.3. The van der Waals surface area contributed by atoms with Crippen molar-refractivity contribution in [2.75, 3.05) is 20.2 Å². The molecule has 19 heavy (non-hydrogen) atoms. The van der Waals surface area contributed by atoms with Crippen molar-refractivity contribution in [1.29, 1.82) is 0 Å². The van der Waals surface area contributed by atoms with E-state index in [4.69, 9.17) is 0 Å². The van der Waals surface area contributed by atoms with E-state index in [1.165, 1.54) is 19.2 Å². The van der Waals surface area contributed by atoms with Crippen molar-refractivity contribution in [3.8, 4) is 0 Å². The maximum Gasteiger partial charge on any atom is 0.325 e. The van der Waals surface area contributed by atoms with Crippen molar-refractivity contribution < 1.29 is 22.7 Å². The summed E-state index contributed by atoms with van der Waals surface area (Å²) in [5, 5.41) is 2.22. The Morgan fingerprint density at radius 1 is 1.16 bits per heavy atom. The summed E-state index contributed by atoms with van der Waals surface area (Å²) >= 11 is 0. The van der Waals surface area contributed by atoms with Crippen molar-refractivity contribution in [3.63, 3.8) is 0 Å². The van der Waals surface area contributed by atoms with Gasteiger partial charge in [-0.05, 0) is 12.1 Å². The third-order valence-electron chi connectivity index (χ3n) is 2.13. The predicted molar refractivity (Wildman–Crippen MR) is 66.7 cm³/mol. The average molecular weight is 286 g/mol. The van der Waals surface area contributed by atoms with E-state index in [2.05, 4.69) is 14.8 Å². The minimum atomic E-state index is -3.73. The highest BCUT2D eigenvalue weighted by molar-refractivity contribution is 7.89. The first-order valence-electron chi connectivity index (χ1n) is 5.34. The van der Waals surface area contributed by atoms with Crippen LogP contribution in [-0.4, -0.2) is 40.5 Å². The van der Waals surface area contributed by atoms with Crippen molar-refractivity contribution >= 4 is 21.9 Å². The van der Waals surface area contributed by atoms with E-state index < -0.39 is 28.4 Å². The van der Waals surface area contributed by atoms with Crippen LogP contribution in [-0.2, 0) is 24.3 Å². The lowest BCUT2D eigenvalue weighted by atomic mass is 10.4. The molecule has 1 aromatic carbocycles. The zero-order valence-electron chi connectivity index (χ0n) is 10.3. The summed E-state index contributed by atoms with van der Waals surface area (Å²) in [4.78, 5) is 22.1. The molecule has 0 unspecified atom stereocenters. The Balaban J connectivity index is 2.48. The first kappa shape index (κ1) is 15.1. The van der Waals surface area contributed by atoms with E-state index in [0.717, 1.165) is 0 Å². The maximum absolute atomic E-state index is 11.7. The maximum atomic E-state index is 11.7. The fraction of sp³-hybridized carbons (Fsp3) is 0.273. The second-order valence-corrected chi connectivity index (χ2v) is 5.26. The summed E-state index contributed by atoms with van der Waals surface area (Å²) in [5.74, 6) is -1.23. The summed E-state index contributed by atoms with van der Waals surface area (Å²) in [6.07, 6.45) is 0. The van der Waals surface area contributed by atoms with Crippen LogP contribution in [0.2, 0.25) is 0 Å². The number of carbonyl (C=O) groups is 2. The third kappa shape index (κ3) is 5.06. The molecule has 0 heterocycles. The van der Waals surface area contributed by atoms with Crippen LogP contribution >= 0.6 is 0 Å². The van der Waals surface area contributed by atoms with Gasteiger partial charge in [0.25, 0.3) is 0 Å². The van der Waals surface area contributed by atoms with Gasteiger partial charge in [-0.1, -0.05) is 18.2 Å². The highest BCUT2D eigenvalue weighted by atomic mass is 32.2. The van der Waals surface area contributed by atoms with E-state index in [9.17, 15) is 18.0 Å². The van der Waals surface area contributed by atoms with Crippen LogP contribution in [0, 0.1) is 0 Å². The predicted octanol–water partition coefficient (Wildman–Crippen LogP) is -0.746. The number of benzene rings is 1. The van der Waals surface area contributed by atoms with E-state index in [-0.39, 0.29) is 11.4 Å². The number of rotatable bonds is 6. The number of hydrogen-bond acceptors (Lipinski definition) is 5. The molecule has 0 aromatic heterocycles. The fourth-order valence-corrected chi connectivity index (χ4v) is 2.15. The second kappa shape index (κ2) is 6.86. The van der Waals surface area contributed by atoms with Crippen LogP contribution in [0.4, 0.5) is 0 Å². The van der Waals surface area contributed by atoms with Crippen molar-refractivity contribution in [1.82, 2.24) is 10.0 Å². The minimum Gasteiger partial charge on any atom is -0.468 e. The lowest BCUT2D eigenvalue weighted by molar-refractivity contribution is -0.141. The summed E-state index contributed by atoms with van der Waals surface area (Å²) in [5.41, 5.74) is 0. The highest BCUT2D eigenvalue weighted by Gasteiger charge is 2.15. The summed E-state index contributed by atoms with van der Waals surface area (Å²) in [6.45, 7) is -0.753. The van der Waals surface area contributed by atoms with Gasteiger partial charge in [0, 0.05) is 0 Å². The van der Waals surface area contributed by atoms with Crippen molar-refractivity contribution in [2.24, 2.45) is 0 Å². The summed E-state index contributed by atoms with van der Waals surface area (Å²) in [6, 6.07) is 7.66. The Morgan fingerprint density at radius 2 is 1.79 bits per heavy atom. The molecule has 0 radical (unpaired) electrons. The Kier molecular flexibility index (Phi) is 5.46. The van der Waals surface area contributed by atoms with E-state index in [0.29, 0.717) is 0 Å². The molecule has 0 spiro atoms. The standard InChI is InChI=1S/C11H14N2O5S/c1-18-11(15)8-12-10(14)7-13-19(16,17)9-5-3-2-4-6-9/h2-6,13H,7-8H2,1H3,(H,12,14). The first-order chi connectivity index (χ1) is 8.95. The normalized spacial score (nSPS) is 10.8. The third-order valence-corrected chi connectivity index (χ3v) is 3.55. The minimum absolute atomic E-state index is 0.0655. The molecule has 7 nitrogen and oxygen atoms in total. The summed E-state index contributed by atoms with van der Waals surface area (Å²) < 4.78 is 29.9. The van der Waals surface area contributed by atoms with E-state index in [1.807, 2.05) is 0 Å². The number of sulfonamides is 1. The number of amides is 1. The molecular weight excluding hydrogens is 272 g/mol. The van der Waals surface area contributed by atoms with Gasteiger partial charge in [-0.2, -0.15) is 0 Å². The lowest BCUT2D eigenvalue weighted by Gasteiger charge is -2.07. The van der Waals surface area contributed by atoms with Crippen LogP contribution in [0.25, 0.3) is 0 Å². The molecular formula is C11H14N2O5S. The Morgan fingerprint density at radius 3 is 2.37 bits per heavy atom. The van der Waals surface area contributed by atoms with Gasteiger partial charge in [0.05, 0.1) is 18.6 Å². The Bertz CT molecular complexity index is 541. The molecule has 0 bridgehead atoms. The van der Waals surface area contributed by atoms with Gasteiger partial charge in [-0.15, -0.1) is 0 Å². The van der Waals surface area contributed by atoms with Gasteiger partial charge in [0.15, 0.2) is 0 Å². The molecule has 1 rings (SSSR count). The quantitative estimate of drug-likeness (QED) is 0.670. The molecule has 104 valence electrons. The fourth-order valence-electron chi connectivity index (χ4n) is 1.15. The average Bonchev–Trinajstić information content (AvgIpc) is 2.43. The van der Waals surface area contributed by atoms with Gasteiger partial charge in [0.1, 0.15) is 6.54 Å². The zero-order valence-corrected chi connectivity index (χ0v) is 11.1. The van der Waals surface area contributed by atoms with Crippen molar-refractivity contribution in [3.05, 3.63) is 30.3 Å². The first-order valence-corrected chi connectivity index (χ1v) is 6.82. The molecule has 0 saturated heterocycles. The number of nitrogens with one attached hydrogen (secondary N) is 2. The van der Waals surface area contributed by atoms with Gasteiger partial charge >= 0.3 is 5.97 Å². The summed E-state index contributed by atoms with van der Waals surface area (Å²) in [7, 11) is -2.54. The highest BCUT2D eigenvalue weighted by Crippen LogP contribution is 2.06. The van der Waals surface area contributed by atoms with Crippen LogP contribution in [0.1, 0.15) is 0 Å². The molecule has 2 N–H and O–H groups in total. The Hall–Kier alpha value is -1.93. The smallest absolute Gasteiger partial charge is 0.325 e. The van der Waals surface area contributed by atoms with Crippen LogP contribution in [0.15, 0.2) is 35.2 Å². The molecule has 0 atom stereocenters. The largest absolute Gasteiger partial charge is 0.468 e. The molecule has 0 aliphatic rings.